The van der Waals surface area contributed by atoms with Crippen molar-refractivity contribution >= 4 is 16.8 Å². The maximum atomic E-state index is 5.93. The Morgan fingerprint density at radius 3 is 2.76 bits per heavy atom. The van der Waals surface area contributed by atoms with Crippen LogP contribution in [0.25, 0.3) is 11.0 Å². The first kappa shape index (κ1) is 11.8. The first-order valence-electron chi connectivity index (χ1n) is 7.94. The molecule has 2 N–H and O–H groups in total. The van der Waals surface area contributed by atoms with Crippen LogP contribution in [0.15, 0.2) is 39.7 Å². The van der Waals surface area contributed by atoms with Crippen LogP contribution >= 0.6 is 0 Å². The molecule has 0 amide bonds. The Hall–Kier alpha value is -1.81. The van der Waals surface area contributed by atoms with E-state index in [0.717, 1.165) is 34.9 Å². The third-order valence-corrected chi connectivity index (χ3v) is 5.49. The van der Waals surface area contributed by atoms with E-state index in [2.05, 4.69) is 23.0 Å². The SMILES string of the molecule is c1ccc2oc(C3=N[C@@]4(CC5CCC4CC5)NN3)cc2c1. The van der Waals surface area contributed by atoms with E-state index in [9.17, 15) is 0 Å². The summed E-state index contributed by atoms with van der Waals surface area (Å²) in [5.74, 6) is 3.20. The number of rotatable bonds is 1. The van der Waals surface area contributed by atoms with Crippen LogP contribution in [0.3, 0.4) is 0 Å². The Kier molecular flexibility index (Phi) is 2.31. The highest BCUT2D eigenvalue weighted by Crippen LogP contribution is 2.48. The third kappa shape index (κ3) is 1.69. The Labute approximate surface area is 123 Å². The van der Waals surface area contributed by atoms with Crippen LogP contribution in [0.4, 0.5) is 0 Å². The van der Waals surface area contributed by atoms with E-state index < -0.39 is 0 Å². The van der Waals surface area contributed by atoms with Gasteiger partial charge in [0.15, 0.2) is 11.6 Å². The van der Waals surface area contributed by atoms with Crippen LogP contribution in [-0.4, -0.2) is 11.5 Å². The highest BCUT2D eigenvalue weighted by atomic mass is 16.3. The largest absolute Gasteiger partial charge is 0.453 e. The molecule has 1 atom stereocenters. The molecule has 1 aliphatic heterocycles. The van der Waals surface area contributed by atoms with Gasteiger partial charge in [0.05, 0.1) is 0 Å². The van der Waals surface area contributed by atoms with Gasteiger partial charge in [-0.2, -0.15) is 0 Å². The summed E-state index contributed by atoms with van der Waals surface area (Å²) < 4.78 is 5.93. The molecule has 108 valence electrons. The van der Waals surface area contributed by atoms with Crippen LogP contribution in [-0.2, 0) is 0 Å². The molecule has 1 spiro atoms. The molecule has 1 aromatic carbocycles. The first-order chi connectivity index (χ1) is 10.3. The van der Waals surface area contributed by atoms with Crippen molar-refractivity contribution in [3.8, 4) is 0 Å². The molecule has 0 radical (unpaired) electrons. The highest BCUT2D eigenvalue weighted by molar-refractivity contribution is 6.00. The Morgan fingerprint density at radius 2 is 2.00 bits per heavy atom. The van der Waals surface area contributed by atoms with Crippen molar-refractivity contribution in [3.63, 3.8) is 0 Å². The van der Waals surface area contributed by atoms with Crippen molar-refractivity contribution in [2.24, 2.45) is 16.8 Å². The van der Waals surface area contributed by atoms with Crippen LogP contribution < -0.4 is 10.9 Å². The van der Waals surface area contributed by atoms with Crippen LogP contribution in [0.2, 0.25) is 0 Å². The summed E-state index contributed by atoms with van der Waals surface area (Å²) in [5, 5.41) is 1.13. The molecule has 3 aliphatic carbocycles. The van der Waals surface area contributed by atoms with Crippen molar-refractivity contribution in [2.45, 2.75) is 37.8 Å². The molecule has 2 heterocycles. The van der Waals surface area contributed by atoms with E-state index in [4.69, 9.17) is 9.41 Å². The van der Waals surface area contributed by atoms with Gasteiger partial charge in [-0.3, -0.25) is 0 Å². The summed E-state index contributed by atoms with van der Waals surface area (Å²) >= 11 is 0. The fourth-order valence-corrected chi connectivity index (χ4v) is 4.38. The summed E-state index contributed by atoms with van der Waals surface area (Å²) in [4.78, 5) is 5.03. The number of hydrazine groups is 1. The maximum Gasteiger partial charge on any atom is 0.181 e. The summed E-state index contributed by atoms with van der Waals surface area (Å²) in [7, 11) is 0. The number of hydrogen-bond donors (Lipinski definition) is 2. The van der Waals surface area contributed by atoms with Crippen molar-refractivity contribution < 1.29 is 4.42 Å². The minimum atomic E-state index is -0.0878. The molecule has 4 nitrogen and oxygen atoms in total. The van der Waals surface area contributed by atoms with Gasteiger partial charge in [-0.25, -0.2) is 10.4 Å². The summed E-state index contributed by atoms with van der Waals surface area (Å²) in [6.45, 7) is 0. The second-order valence-corrected chi connectivity index (χ2v) is 6.70. The van der Waals surface area contributed by atoms with Crippen LogP contribution in [0, 0.1) is 11.8 Å². The number of nitrogens with zero attached hydrogens (tertiary/aromatic N) is 1. The molecule has 0 unspecified atom stereocenters. The van der Waals surface area contributed by atoms with E-state index in [-0.39, 0.29) is 5.66 Å². The number of fused-ring (bicyclic) bond motifs is 3. The monoisotopic (exact) mass is 281 g/mol. The van der Waals surface area contributed by atoms with E-state index in [0.29, 0.717) is 5.92 Å². The average Bonchev–Trinajstić information content (AvgIpc) is 3.13. The van der Waals surface area contributed by atoms with Crippen molar-refractivity contribution in [1.82, 2.24) is 10.9 Å². The third-order valence-electron chi connectivity index (χ3n) is 5.49. The number of benzene rings is 1. The fraction of sp³-hybridized carbons (Fsp3) is 0.471. The molecule has 1 aromatic heterocycles. The molecule has 3 fully saturated rings. The first-order valence-corrected chi connectivity index (χ1v) is 7.94. The number of nitrogens with one attached hydrogen (secondary N) is 2. The van der Waals surface area contributed by atoms with Gasteiger partial charge in [0, 0.05) is 5.39 Å². The zero-order valence-corrected chi connectivity index (χ0v) is 11.9. The molecule has 3 saturated carbocycles. The molecule has 0 saturated heterocycles. The smallest absolute Gasteiger partial charge is 0.181 e. The number of hydrogen-bond acceptors (Lipinski definition) is 4. The predicted octanol–water partition coefficient (Wildman–Crippen LogP) is 3.19. The van der Waals surface area contributed by atoms with Crippen LogP contribution in [0.5, 0.6) is 0 Å². The van der Waals surface area contributed by atoms with E-state index in [1.54, 1.807) is 0 Å². The molecule has 6 rings (SSSR count). The molecular formula is C17H19N3O. The van der Waals surface area contributed by atoms with Gasteiger partial charge >= 0.3 is 0 Å². The van der Waals surface area contributed by atoms with E-state index in [1.165, 1.54) is 25.7 Å². The van der Waals surface area contributed by atoms with E-state index in [1.807, 2.05) is 18.2 Å². The number of aliphatic imine (C=N–C) groups is 1. The Morgan fingerprint density at radius 1 is 1.14 bits per heavy atom. The predicted molar refractivity (Wildman–Crippen MR) is 81.8 cm³/mol. The number of amidine groups is 1. The fourth-order valence-electron chi connectivity index (χ4n) is 4.38. The van der Waals surface area contributed by atoms with Gasteiger partial charge in [0.2, 0.25) is 0 Å². The topological polar surface area (TPSA) is 49.6 Å². The molecule has 21 heavy (non-hydrogen) atoms. The van der Waals surface area contributed by atoms with Crippen molar-refractivity contribution in [3.05, 3.63) is 36.1 Å². The standard InChI is InChI=1S/C17H19N3O/c1-2-4-14-12(3-1)9-15(21-14)16-18-17(20-19-16)10-11-5-7-13(17)8-6-11/h1-4,9,11,13,20H,5-8,10H2,(H,18,19)/t11?,13?,17-/m0/s1. The zero-order chi connectivity index (χ0) is 13.9. The molecule has 2 bridgehead atoms. The minimum Gasteiger partial charge on any atom is -0.453 e. The zero-order valence-electron chi connectivity index (χ0n) is 11.9. The maximum absolute atomic E-state index is 5.93. The second kappa shape index (κ2) is 4.10. The molecule has 2 aromatic rings. The van der Waals surface area contributed by atoms with Gasteiger partial charge in [-0.05, 0) is 56.1 Å². The van der Waals surface area contributed by atoms with Crippen LogP contribution in [0.1, 0.15) is 37.9 Å². The lowest BCUT2D eigenvalue weighted by Crippen LogP contribution is -2.56. The Bertz CT molecular complexity index is 693. The second-order valence-electron chi connectivity index (χ2n) is 6.70. The lowest BCUT2D eigenvalue weighted by molar-refractivity contribution is 0.0506. The van der Waals surface area contributed by atoms with Crippen molar-refractivity contribution in [1.29, 1.82) is 0 Å². The molecule has 4 heteroatoms. The summed E-state index contributed by atoms with van der Waals surface area (Å²) in [5.41, 5.74) is 7.60. The lowest BCUT2D eigenvalue weighted by atomic mass is 9.65. The summed E-state index contributed by atoms with van der Waals surface area (Å²) in [6.07, 6.45) is 6.52. The number of furan rings is 1. The van der Waals surface area contributed by atoms with E-state index >= 15 is 0 Å². The molecular weight excluding hydrogens is 262 g/mol. The number of para-hydroxylation sites is 1. The average molecular weight is 281 g/mol. The Balaban J connectivity index is 1.54. The minimum absolute atomic E-state index is 0.0878. The van der Waals surface area contributed by atoms with Crippen molar-refractivity contribution in [2.75, 3.05) is 0 Å². The molecule has 4 aliphatic rings. The van der Waals surface area contributed by atoms with Gasteiger partial charge < -0.3 is 9.84 Å². The van der Waals surface area contributed by atoms with Gasteiger partial charge in [0.1, 0.15) is 11.2 Å². The quantitative estimate of drug-likeness (QED) is 0.844. The van der Waals surface area contributed by atoms with Gasteiger partial charge in [0.25, 0.3) is 0 Å². The summed E-state index contributed by atoms with van der Waals surface area (Å²) in [6, 6.07) is 10.2. The van der Waals surface area contributed by atoms with Gasteiger partial charge in [-0.15, -0.1) is 0 Å². The highest BCUT2D eigenvalue weighted by Gasteiger charge is 2.50. The van der Waals surface area contributed by atoms with Gasteiger partial charge in [-0.1, -0.05) is 18.2 Å². The lowest BCUT2D eigenvalue weighted by Gasteiger charge is -2.47. The normalized spacial score (nSPS) is 34.4.